The van der Waals surface area contributed by atoms with E-state index >= 15 is 0 Å². The largest absolute Gasteiger partial charge is 0.313 e. The molecule has 2 aromatic carbocycles. The number of nitrogens with zero attached hydrogens (tertiary/aromatic N) is 2. The van der Waals surface area contributed by atoms with E-state index in [0.29, 0.717) is 12.5 Å². The Balaban J connectivity index is 1.55. The number of rotatable bonds is 7. The molecular weight excluding hydrogens is 353 g/mol. The summed E-state index contributed by atoms with van der Waals surface area (Å²) < 4.78 is 15.7. The Bertz CT molecular complexity index is 930. The predicted octanol–water partition coefficient (Wildman–Crippen LogP) is 3.19. The Morgan fingerprint density at radius 3 is 2.75 bits per heavy atom. The van der Waals surface area contributed by atoms with Gasteiger partial charge in [0.2, 0.25) is 0 Å². The van der Waals surface area contributed by atoms with Gasteiger partial charge in [0.15, 0.2) is 0 Å². The monoisotopic (exact) mass is 379 g/mol. The number of hydrazine groups is 1. The molecule has 3 N–H and O–H groups in total. The third-order valence-corrected chi connectivity index (χ3v) is 5.11. The van der Waals surface area contributed by atoms with Gasteiger partial charge in [0.05, 0.1) is 11.4 Å². The molecule has 0 radical (unpaired) electrons. The van der Waals surface area contributed by atoms with Crippen LogP contribution in [0.25, 0.3) is 16.9 Å². The van der Waals surface area contributed by atoms with Crippen molar-refractivity contribution >= 4 is 0 Å². The molecule has 1 aromatic heterocycles. The Labute approximate surface area is 164 Å². The lowest BCUT2D eigenvalue weighted by atomic mass is 10.1. The molecule has 0 spiro atoms. The minimum Gasteiger partial charge on any atom is -0.313 e. The molecule has 0 unspecified atom stereocenters. The SMILES string of the molecule is Cc1cccc(-n2cc(CNCCC3CNNC3)c(-c3cccc(F)c3)n2)c1. The normalized spacial score (nSPS) is 14.6. The van der Waals surface area contributed by atoms with E-state index < -0.39 is 0 Å². The maximum Gasteiger partial charge on any atom is 0.123 e. The molecular formula is C22H26FN5. The van der Waals surface area contributed by atoms with Gasteiger partial charge in [-0.3, -0.25) is 10.9 Å². The van der Waals surface area contributed by atoms with Crippen molar-refractivity contribution in [3.8, 4) is 16.9 Å². The van der Waals surface area contributed by atoms with Crippen molar-refractivity contribution in [2.45, 2.75) is 19.9 Å². The molecule has 3 aromatic rings. The van der Waals surface area contributed by atoms with E-state index in [-0.39, 0.29) is 5.82 Å². The number of hydrogen-bond acceptors (Lipinski definition) is 4. The average molecular weight is 379 g/mol. The topological polar surface area (TPSA) is 53.9 Å². The highest BCUT2D eigenvalue weighted by molar-refractivity contribution is 5.63. The van der Waals surface area contributed by atoms with Crippen LogP contribution in [0, 0.1) is 18.7 Å². The highest BCUT2D eigenvalue weighted by Crippen LogP contribution is 2.24. The molecule has 0 amide bonds. The van der Waals surface area contributed by atoms with Crippen LogP contribution in [0.2, 0.25) is 0 Å². The molecule has 1 aliphatic rings. The third-order valence-electron chi connectivity index (χ3n) is 5.11. The maximum atomic E-state index is 13.8. The van der Waals surface area contributed by atoms with Crippen molar-refractivity contribution in [3.63, 3.8) is 0 Å². The van der Waals surface area contributed by atoms with Crippen LogP contribution < -0.4 is 16.2 Å². The van der Waals surface area contributed by atoms with Crippen molar-refractivity contribution in [1.82, 2.24) is 25.9 Å². The summed E-state index contributed by atoms with van der Waals surface area (Å²) in [5.74, 6) is 0.410. The van der Waals surface area contributed by atoms with Gasteiger partial charge < -0.3 is 5.32 Å². The smallest absolute Gasteiger partial charge is 0.123 e. The second kappa shape index (κ2) is 8.65. The number of halogens is 1. The van der Waals surface area contributed by atoms with Gasteiger partial charge in [-0.15, -0.1) is 0 Å². The Kier molecular flexibility index (Phi) is 5.81. The standard InChI is InChI=1S/C22H26FN5/c1-16-4-2-7-21(10-16)28-15-19(14-24-9-8-17-12-25-26-13-17)22(27-28)18-5-3-6-20(23)11-18/h2-7,10-11,15,17,24-26H,8-9,12-14H2,1H3. The molecule has 1 saturated heterocycles. The van der Waals surface area contributed by atoms with E-state index in [0.717, 1.165) is 48.6 Å². The van der Waals surface area contributed by atoms with Crippen molar-refractivity contribution in [3.05, 3.63) is 71.7 Å². The second-order valence-corrected chi connectivity index (χ2v) is 7.39. The second-order valence-electron chi connectivity index (χ2n) is 7.39. The van der Waals surface area contributed by atoms with Crippen LogP contribution in [0.5, 0.6) is 0 Å². The molecule has 0 saturated carbocycles. The predicted molar refractivity (Wildman–Crippen MR) is 110 cm³/mol. The maximum absolute atomic E-state index is 13.8. The first-order valence-electron chi connectivity index (χ1n) is 9.77. The van der Waals surface area contributed by atoms with Gasteiger partial charge in [0.1, 0.15) is 5.82 Å². The lowest BCUT2D eigenvalue weighted by Gasteiger charge is -2.08. The van der Waals surface area contributed by atoms with Crippen LogP contribution >= 0.6 is 0 Å². The number of hydrogen-bond donors (Lipinski definition) is 3. The van der Waals surface area contributed by atoms with Crippen LogP contribution in [0.3, 0.4) is 0 Å². The Morgan fingerprint density at radius 2 is 1.96 bits per heavy atom. The van der Waals surface area contributed by atoms with E-state index in [1.165, 1.54) is 11.6 Å². The zero-order valence-electron chi connectivity index (χ0n) is 16.1. The molecule has 5 nitrogen and oxygen atoms in total. The third kappa shape index (κ3) is 4.47. The molecule has 1 aliphatic heterocycles. The van der Waals surface area contributed by atoms with Gasteiger partial charge in [0, 0.05) is 37.0 Å². The molecule has 1 fully saturated rings. The fraction of sp³-hybridized carbons (Fsp3) is 0.318. The van der Waals surface area contributed by atoms with Crippen LogP contribution in [0.1, 0.15) is 17.5 Å². The average Bonchev–Trinajstić information content (AvgIpc) is 3.35. The van der Waals surface area contributed by atoms with Crippen LogP contribution in [0.4, 0.5) is 4.39 Å². The molecule has 0 atom stereocenters. The summed E-state index contributed by atoms with van der Waals surface area (Å²) in [6.07, 6.45) is 3.15. The first kappa shape index (κ1) is 18.8. The molecule has 0 aliphatic carbocycles. The fourth-order valence-corrected chi connectivity index (χ4v) is 3.56. The summed E-state index contributed by atoms with van der Waals surface area (Å²) in [6.45, 7) is 5.73. The molecule has 6 heteroatoms. The number of aryl methyl sites for hydroxylation is 1. The number of aromatic nitrogens is 2. The summed E-state index contributed by atoms with van der Waals surface area (Å²) in [6, 6.07) is 14.9. The van der Waals surface area contributed by atoms with Crippen molar-refractivity contribution < 1.29 is 4.39 Å². The van der Waals surface area contributed by atoms with Gasteiger partial charge in [-0.05, 0) is 55.6 Å². The number of benzene rings is 2. The van der Waals surface area contributed by atoms with Crippen molar-refractivity contribution in [1.29, 1.82) is 0 Å². The van der Waals surface area contributed by atoms with E-state index in [1.807, 2.05) is 29.1 Å². The van der Waals surface area contributed by atoms with Crippen molar-refractivity contribution in [2.75, 3.05) is 19.6 Å². The van der Waals surface area contributed by atoms with E-state index in [2.05, 4.69) is 35.2 Å². The molecule has 146 valence electrons. The quantitative estimate of drug-likeness (QED) is 0.552. The Hall–Kier alpha value is -2.54. The lowest BCUT2D eigenvalue weighted by molar-refractivity contribution is 0.518. The van der Waals surface area contributed by atoms with Crippen molar-refractivity contribution in [2.24, 2.45) is 5.92 Å². The molecule has 0 bridgehead atoms. The van der Waals surface area contributed by atoms with Gasteiger partial charge in [-0.2, -0.15) is 5.10 Å². The highest BCUT2D eigenvalue weighted by atomic mass is 19.1. The van der Waals surface area contributed by atoms with Crippen LogP contribution in [0.15, 0.2) is 54.7 Å². The summed E-state index contributed by atoms with van der Waals surface area (Å²) >= 11 is 0. The zero-order valence-corrected chi connectivity index (χ0v) is 16.1. The summed E-state index contributed by atoms with van der Waals surface area (Å²) in [5, 5.41) is 8.31. The fourth-order valence-electron chi connectivity index (χ4n) is 3.56. The van der Waals surface area contributed by atoms with Crippen LogP contribution in [-0.2, 0) is 6.54 Å². The minimum absolute atomic E-state index is 0.247. The number of nitrogens with one attached hydrogen (secondary N) is 3. The lowest BCUT2D eigenvalue weighted by Crippen LogP contribution is -2.21. The molecule has 28 heavy (non-hydrogen) atoms. The summed E-state index contributed by atoms with van der Waals surface area (Å²) in [5.41, 5.74) is 11.2. The van der Waals surface area contributed by atoms with E-state index in [1.54, 1.807) is 12.1 Å². The molecule has 2 heterocycles. The van der Waals surface area contributed by atoms with E-state index in [4.69, 9.17) is 5.10 Å². The van der Waals surface area contributed by atoms with Gasteiger partial charge in [0.25, 0.3) is 0 Å². The zero-order chi connectivity index (χ0) is 19.3. The first-order chi connectivity index (χ1) is 13.7. The summed E-state index contributed by atoms with van der Waals surface area (Å²) in [7, 11) is 0. The van der Waals surface area contributed by atoms with E-state index in [9.17, 15) is 4.39 Å². The minimum atomic E-state index is -0.247. The van der Waals surface area contributed by atoms with Gasteiger partial charge in [-0.1, -0.05) is 24.3 Å². The Morgan fingerprint density at radius 1 is 1.14 bits per heavy atom. The summed E-state index contributed by atoms with van der Waals surface area (Å²) in [4.78, 5) is 0. The molecule has 4 rings (SSSR count). The van der Waals surface area contributed by atoms with Crippen LogP contribution in [-0.4, -0.2) is 29.4 Å². The highest BCUT2D eigenvalue weighted by Gasteiger charge is 2.15. The first-order valence-corrected chi connectivity index (χ1v) is 9.77. The van der Waals surface area contributed by atoms with Gasteiger partial charge >= 0.3 is 0 Å². The van der Waals surface area contributed by atoms with Gasteiger partial charge in [-0.25, -0.2) is 9.07 Å².